The molecular weight excluding hydrogens is 442 g/mol. The van der Waals surface area contributed by atoms with Crippen molar-refractivity contribution in [1.29, 1.82) is 5.41 Å². The maximum absolute atomic E-state index is 13.6. The zero-order chi connectivity index (χ0) is 25.4. The number of rotatable bonds is 9. The molecule has 2 heterocycles. The van der Waals surface area contributed by atoms with Gasteiger partial charge in [-0.3, -0.25) is 19.1 Å². The summed E-state index contributed by atoms with van der Waals surface area (Å²) in [6, 6.07) is 3.47. The molecule has 2 N–H and O–H groups in total. The second kappa shape index (κ2) is 9.85. The first-order chi connectivity index (χ1) is 16.7. The summed E-state index contributed by atoms with van der Waals surface area (Å²) in [4.78, 5) is 40.3. The number of hydrogen-bond acceptors (Lipinski definition) is 6. The summed E-state index contributed by atoms with van der Waals surface area (Å²) in [6.45, 7) is 7.64. The van der Waals surface area contributed by atoms with Gasteiger partial charge in [0, 0.05) is 24.6 Å². The number of nitrogens with zero attached hydrogens (tertiary/aromatic N) is 3. The van der Waals surface area contributed by atoms with Crippen LogP contribution in [-0.4, -0.2) is 64.0 Å². The molecule has 1 aliphatic carbocycles. The first-order valence-corrected chi connectivity index (χ1v) is 12.4. The van der Waals surface area contributed by atoms with E-state index < -0.39 is 6.04 Å². The van der Waals surface area contributed by atoms with Crippen LogP contribution in [0.3, 0.4) is 0 Å². The number of hydrogen-bond donors (Lipinski definition) is 2. The average molecular weight is 478 g/mol. The predicted molar refractivity (Wildman–Crippen MR) is 137 cm³/mol. The number of Topliss-reactive ketones (excluding diaryl/α,β-unsaturated/α-hetero) is 2. The Balaban J connectivity index is 1.79. The van der Waals surface area contributed by atoms with E-state index in [1.807, 2.05) is 33.0 Å². The number of carbonyl (C=O) groups excluding carboxylic acids is 3. The SMILES string of the molecule is C/C=C(\C=N)c1cc(C2CC2)c2c(c1)c(C(C)=O)nn2CC(=O)N1[C@H](C)[C@@H](CNC)C[C@H]1C(C)=O. The van der Waals surface area contributed by atoms with Crippen molar-refractivity contribution in [3.05, 3.63) is 35.0 Å². The number of ketones is 2. The molecule has 3 atom stereocenters. The molecule has 1 amide bonds. The molecule has 0 unspecified atom stereocenters. The third kappa shape index (κ3) is 4.59. The van der Waals surface area contributed by atoms with Gasteiger partial charge >= 0.3 is 0 Å². The molecule has 1 saturated carbocycles. The van der Waals surface area contributed by atoms with Gasteiger partial charge in [0.1, 0.15) is 12.2 Å². The lowest BCUT2D eigenvalue weighted by Gasteiger charge is -2.28. The lowest BCUT2D eigenvalue weighted by molar-refractivity contribution is -0.139. The second-order valence-electron chi connectivity index (χ2n) is 9.91. The van der Waals surface area contributed by atoms with E-state index in [0.717, 1.165) is 47.0 Å². The molecule has 0 radical (unpaired) electrons. The third-order valence-corrected chi connectivity index (χ3v) is 7.52. The Morgan fingerprint density at radius 1 is 1.23 bits per heavy atom. The molecule has 186 valence electrons. The predicted octanol–water partition coefficient (Wildman–Crippen LogP) is 3.58. The van der Waals surface area contributed by atoms with Crippen molar-refractivity contribution in [2.24, 2.45) is 5.92 Å². The molecule has 4 rings (SSSR count). The van der Waals surface area contributed by atoms with E-state index in [9.17, 15) is 14.4 Å². The van der Waals surface area contributed by atoms with E-state index in [1.54, 1.807) is 16.5 Å². The fraction of sp³-hybridized carbons (Fsp3) is 0.519. The summed E-state index contributed by atoms with van der Waals surface area (Å²) in [5, 5.41) is 16.3. The normalized spacial score (nSPS) is 22.6. The lowest BCUT2D eigenvalue weighted by Crippen LogP contribution is -2.46. The van der Waals surface area contributed by atoms with Gasteiger partial charge in [0.2, 0.25) is 5.91 Å². The van der Waals surface area contributed by atoms with E-state index in [2.05, 4.69) is 16.5 Å². The van der Waals surface area contributed by atoms with Gasteiger partial charge in [0.05, 0.1) is 11.6 Å². The highest BCUT2D eigenvalue weighted by atomic mass is 16.2. The molecule has 2 aliphatic rings. The van der Waals surface area contributed by atoms with E-state index in [0.29, 0.717) is 18.0 Å². The highest BCUT2D eigenvalue weighted by Gasteiger charge is 2.43. The number of amides is 1. The zero-order valence-electron chi connectivity index (χ0n) is 21.2. The number of fused-ring (bicyclic) bond motifs is 1. The van der Waals surface area contributed by atoms with Gasteiger partial charge in [0.15, 0.2) is 11.6 Å². The first kappa shape index (κ1) is 25.0. The van der Waals surface area contributed by atoms with Crippen LogP contribution in [0.2, 0.25) is 0 Å². The topological polar surface area (TPSA) is 108 Å². The van der Waals surface area contributed by atoms with Crippen LogP contribution in [-0.2, 0) is 16.1 Å². The Hall–Kier alpha value is -3.13. The van der Waals surface area contributed by atoms with Crippen molar-refractivity contribution in [1.82, 2.24) is 20.0 Å². The average Bonchev–Trinajstić information content (AvgIpc) is 3.52. The highest BCUT2D eigenvalue weighted by molar-refractivity contribution is 6.12. The standard InChI is InChI=1S/C27H35N5O3/c1-6-18(12-28)20-9-22(19-7-8-19)27-23(10-20)26(17(4)34)30-31(27)14-25(35)32-15(2)21(13-29-5)11-24(32)16(3)33/h6,9-10,12,15,19,21,24,28-29H,7-8,11,13-14H2,1-5H3/b18-6+,28-12?/t15-,21-,24+/m1/s1. The quantitative estimate of drug-likeness (QED) is 0.424. The van der Waals surface area contributed by atoms with Gasteiger partial charge in [-0.15, -0.1) is 0 Å². The highest BCUT2D eigenvalue weighted by Crippen LogP contribution is 2.45. The monoisotopic (exact) mass is 477 g/mol. The van der Waals surface area contributed by atoms with Gasteiger partial charge in [-0.25, -0.2) is 0 Å². The fourth-order valence-electron chi connectivity index (χ4n) is 5.53. The van der Waals surface area contributed by atoms with Crippen molar-refractivity contribution in [2.75, 3.05) is 13.6 Å². The van der Waals surface area contributed by atoms with Crippen LogP contribution in [0.4, 0.5) is 0 Å². The summed E-state index contributed by atoms with van der Waals surface area (Å²) in [5.41, 5.74) is 3.87. The summed E-state index contributed by atoms with van der Waals surface area (Å²) < 4.78 is 1.67. The smallest absolute Gasteiger partial charge is 0.245 e. The van der Waals surface area contributed by atoms with Crippen LogP contribution >= 0.6 is 0 Å². The van der Waals surface area contributed by atoms with Gasteiger partial charge in [-0.1, -0.05) is 6.08 Å². The van der Waals surface area contributed by atoms with E-state index in [4.69, 9.17) is 5.41 Å². The number of aromatic nitrogens is 2. The molecule has 0 bridgehead atoms. The van der Waals surface area contributed by atoms with E-state index in [-0.39, 0.29) is 36.0 Å². The minimum atomic E-state index is -0.440. The summed E-state index contributed by atoms with van der Waals surface area (Å²) in [6.07, 6.45) is 5.93. The molecule has 2 aromatic rings. The van der Waals surface area contributed by atoms with E-state index >= 15 is 0 Å². The maximum atomic E-state index is 13.6. The number of carbonyl (C=O) groups is 3. The van der Waals surface area contributed by atoms with Crippen LogP contribution in [0.1, 0.15) is 74.5 Å². The zero-order valence-corrected chi connectivity index (χ0v) is 21.2. The minimum absolute atomic E-state index is 0.00705. The third-order valence-electron chi connectivity index (χ3n) is 7.52. The number of nitrogens with one attached hydrogen (secondary N) is 2. The Bertz CT molecular complexity index is 1220. The van der Waals surface area contributed by atoms with Crippen LogP contribution in [0.25, 0.3) is 16.5 Å². The molecule has 8 nitrogen and oxygen atoms in total. The number of benzene rings is 1. The van der Waals surface area contributed by atoms with Crippen molar-refractivity contribution < 1.29 is 14.4 Å². The Morgan fingerprint density at radius 2 is 1.94 bits per heavy atom. The van der Waals surface area contributed by atoms with Crippen LogP contribution in [0, 0.1) is 11.3 Å². The molecule has 2 fully saturated rings. The van der Waals surface area contributed by atoms with Crippen molar-refractivity contribution in [3.8, 4) is 0 Å². The molecular formula is C27H35N5O3. The van der Waals surface area contributed by atoms with Crippen molar-refractivity contribution in [2.45, 2.75) is 71.5 Å². The van der Waals surface area contributed by atoms with Gasteiger partial charge in [0.25, 0.3) is 0 Å². The molecule has 1 aromatic heterocycles. The molecule has 1 saturated heterocycles. The minimum Gasteiger partial charge on any atom is -0.328 e. The van der Waals surface area contributed by atoms with Gasteiger partial charge in [-0.2, -0.15) is 5.10 Å². The maximum Gasteiger partial charge on any atom is 0.245 e. The molecule has 8 heteroatoms. The van der Waals surface area contributed by atoms with Crippen LogP contribution in [0.15, 0.2) is 18.2 Å². The first-order valence-electron chi connectivity index (χ1n) is 12.4. The summed E-state index contributed by atoms with van der Waals surface area (Å²) in [5.74, 6) is 0.220. The lowest BCUT2D eigenvalue weighted by atomic mass is 9.97. The Morgan fingerprint density at radius 3 is 2.49 bits per heavy atom. The fourth-order valence-corrected chi connectivity index (χ4v) is 5.53. The Kier molecular flexibility index (Phi) is 7.03. The largest absolute Gasteiger partial charge is 0.328 e. The van der Waals surface area contributed by atoms with Crippen molar-refractivity contribution in [3.63, 3.8) is 0 Å². The summed E-state index contributed by atoms with van der Waals surface area (Å²) >= 11 is 0. The van der Waals surface area contributed by atoms with Gasteiger partial charge in [-0.05, 0) is 94.3 Å². The molecule has 1 aromatic carbocycles. The number of likely N-dealkylation sites (tertiary alicyclic amines) is 1. The van der Waals surface area contributed by atoms with Gasteiger partial charge < -0.3 is 15.6 Å². The molecule has 35 heavy (non-hydrogen) atoms. The Labute approximate surface area is 206 Å². The van der Waals surface area contributed by atoms with Crippen LogP contribution < -0.4 is 5.32 Å². The number of allylic oxidation sites excluding steroid dienone is 2. The van der Waals surface area contributed by atoms with Crippen molar-refractivity contribution >= 4 is 40.2 Å². The second-order valence-corrected chi connectivity index (χ2v) is 9.91. The molecule has 0 spiro atoms. The van der Waals surface area contributed by atoms with Crippen LogP contribution in [0.5, 0.6) is 0 Å². The van der Waals surface area contributed by atoms with E-state index in [1.165, 1.54) is 13.1 Å². The summed E-state index contributed by atoms with van der Waals surface area (Å²) in [7, 11) is 1.88. The molecule has 1 aliphatic heterocycles.